The average Bonchev–Trinajstić information content (AvgIpc) is 3.33. The number of para-hydroxylation sites is 1. The fourth-order valence-corrected chi connectivity index (χ4v) is 6.01. The predicted molar refractivity (Wildman–Crippen MR) is 134 cm³/mol. The molecule has 2 aromatic rings. The molecule has 11 nitrogen and oxygen atoms in total. The minimum Gasteiger partial charge on any atom is -0.472 e. The molecule has 3 aliphatic rings. The highest BCUT2D eigenvalue weighted by Gasteiger charge is 2.48. The van der Waals surface area contributed by atoms with Gasteiger partial charge in [-0.15, -0.1) is 0 Å². The number of carbonyl (C=O) groups is 1. The van der Waals surface area contributed by atoms with Gasteiger partial charge >= 0.3 is 5.97 Å². The van der Waals surface area contributed by atoms with Crippen LogP contribution < -0.4 is 5.32 Å². The largest absolute Gasteiger partial charge is 0.472 e. The molecule has 1 aromatic heterocycles. The second-order valence-corrected chi connectivity index (χ2v) is 10.1. The number of ether oxygens (including phenoxy) is 4. The van der Waals surface area contributed by atoms with Crippen molar-refractivity contribution >= 4 is 16.9 Å². The number of nitrogens with one attached hydrogen (secondary N) is 2. The third-order valence-corrected chi connectivity index (χ3v) is 8.05. The van der Waals surface area contributed by atoms with E-state index in [0.717, 1.165) is 24.2 Å². The maximum absolute atomic E-state index is 12.8. The Bertz CT molecular complexity index is 1160. The standard InChI is InChI=1S/C27H36N2O9/c1-3-13-16(10-19-21-15(8-9-28-19)14-6-4-5-7-18(14)29-21)17(25(34)35-2)12-36-26(13)38-27-24(33)23(32)22(31)20(11-30)37-27/h4-7,12-13,16,19-20,22-24,26-33H,3,8-11H2,1-2H3/t13-,16+,19+,20+,22+,23-,24+,26+,27-/m1/s1. The van der Waals surface area contributed by atoms with E-state index in [9.17, 15) is 25.2 Å². The molecular formula is C27H36N2O9. The van der Waals surface area contributed by atoms with Gasteiger partial charge in [0.15, 0.2) is 6.29 Å². The fraction of sp³-hybridized carbons (Fsp3) is 0.593. The van der Waals surface area contributed by atoms with Crippen LogP contribution in [0.2, 0.25) is 0 Å². The lowest BCUT2D eigenvalue weighted by Gasteiger charge is -2.44. The SMILES string of the molecule is CC[C@H]1[C@H](O[C@H]2O[C@@H](CO)[C@H](O)[C@@H](O)[C@@H]2O)OC=C(C(=O)OC)[C@H]1C[C@@H]1NCCc2c1[nH]c1ccccc21. The summed E-state index contributed by atoms with van der Waals surface area (Å²) in [7, 11) is 1.33. The number of aliphatic hydroxyl groups excluding tert-OH is 4. The van der Waals surface area contributed by atoms with Crippen LogP contribution in [0.15, 0.2) is 36.1 Å². The minimum atomic E-state index is -1.57. The maximum Gasteiger partial charge on any atom is 0.337 e. The van der Waals surface area contributed by atoms with Gasteiger partial charge in [-0.3, -0.25) is 0 Å². The molecule has 0 bridgehead atoms. The lowest BCUT2D eigenvalue weighted by Crippen LogP contribution is -2.60. The van der Waals surface area contributed by atoms with Gasteiger partial charge < -0.3 is 49.7 Å². The summed E-state index contributed by atoms with van der Waals surface area (Å²) < 4.78 is 22.4. The Morgan fingerprint density at radius 2 is 1.92 bits per heavy atom. The van der Waals surface area contributed by atoms with E-state index in [0.29, 0.717) is 18.4 Å². The topological polar surface area (TPSA) is 163 Å². The van der Waals surface area contributed by atoms with Crippen molar-refractivity contribution in [2.45, 2.75) is 69.2 Å². The highest BCUT2D eigenvalue weighted by Crippen LogP contribution is 2.42. The third kappa shape index (κ3) is 4.84. The van der Waals surface area contributed by atoms with Crippen LogP contribution >= 0.6 is 0 Å². The van der Waals surface area contributed by atoms with Crippen LogP contribution in [0, 0.1) is 11.8 Å². The van der Waals surface area contributed by atoms with E-state index in [-0.39, 0.29) is 17.9 Å². The summed E-state index contributed by atoms with van der Waals surface area (Å²) in [5.41, 5.74) is 3.81. The van der Waals surface area contributed by atoms with Gasteiger partial charge in [0.1, 0.15) is 24.4 Å². The summed E-state index contributed by atoms with van der Waals surface area (Å²) in [6.45, 7) is 2.18. The number of carbonyl (C=O) groups excluding carboxylic acids is 1. The Balaban J connectivity index is 1.42. The van der Waals surface area contributed by atoms with Gasteiger partial charge in [-0.1, -0.05) is 25.1 Å². The van der Waals surface area contributed by atoms with Crippen LogP contribution in [0.25, 0.3) is 10.9 Å². The molecular weight excluding hydrogens is 496 g/mol. The molecule has 0 saturated carbocycles. The number of rotatable bonds is 7. The number of hydrogen-bond donors (Lipinski definition) is 6. The smallest absolute Gasteiger partial charge is 0.337 e. The number of aliphatic hydroxyl groups is 4. The molecule has 5 rings (SSSR count). The van der Waals surface area contributed by atoms with Crippen molar-refractivity contribution < 1.29 is 44.2 Å². The van der Waals surface area contributed by atoms with E-state index in [2.05, 4.69) is 22.4 Å². The van der Waals surface area contributed by atoms with E-state index in [1.807, 2.05) is 19.1 Å². The molecule has 0 amide bonds. The number of benzene rings is 1. The quantitative estimate of drug-likeness (QED) is 0.279. The summed E-state index contributed by atoms with van der Waals surface area (Å²) in [5, 5.41) is 45.1. The molecule has 208 valence electrons. The molecule has 1 aromatic carbocycles. The number of aromatic nitrogens is 1. The summed E-state index contributed by atoms with van der Waals surface area (Å²) >= 11 is 0. The first-order chi connectivity index (χ1) is 18.4. The predicted octanol–water partition coefficient (Wildman–Crippen LogP) is 0.617. The summed E-state index contributed by atoms with van der Waals surface area (Å²) in [6, 6.07) is 8.12. The zero-order valence-corrected chi connectivity index (χ0v) is 21.4. The van der Waals surface area contributed by atoms with Crippen LogP contribution in [-0.2, 0) is 30.2 Å². The first-order valence-electron chi connectivity index (χ1n) is 13.1. The van der Waals surface area contributed by atoms with Crippen molar-refractivity contribution in [3.8, 4) is 0 Å². The lowest BCUT2D eigenvalue weighted by atomic mass is 9.77. The Morgan fingerprint density at radius 1 is 1.13 bits per heavy atom. The van der Waals surface area contributed by atoms with E-state index in [4.69, 9.17) is 18.9 Å². The molecule has 38 heavy (non-hydrogen) atoms. The number of methoxy groups -OCH3 is 1. The van der Waals surface area contributed by atoms with Crippen LogP contribution in [0.3, 0.4) is 0 Å². The minimum absolute atomic E-state index is 0.0655. The first kappa shape index (κ1) is 27.1. The van der Waals surface area contributed by atoms with Crippen molar-refractivity contribution in [3.63, 3.8) is 0 Å². The first-order valence-corrected chi connectivity index (χ1v) is 13.1. The van der Waals surface area contributed by atoms with Gasteiger partial charge in [0.2, 0.25) is 6.29 Å². The molecule has 3 aliphatic heterocycles. The highest BCUT2D eigenvalue weighted by atomic mass is 16.8. The normalized spacial score (nSPS) is 35.3. The van der Waals surface area contributed by atoms with Crippen LogP contribution in [0.4, 0.5) is 0 Å². The van der Waals surface area contributed by atoms with Gasteiger partial charge in [-0.2, -0.15) is 0 Å². The van der Waals surface area contributed by atoms with Crippen molar-refractivity contribution in [1.29, 1.82) is 0 Å². The number of esters is 1. The van der Waals surface area contributed by atoms with Gasteiger partial charge in [0.05, 0.1) is 25.6 Å². The molecule has 6 N–H and O–H groups in total. The Kier molecular flexibility index (Phi) is 8.06. The van der Waals surface area contributed by atoms with Crippen LogP contribution in [0.5, 0.6) is 0 Å². The number of hydrogen-bond acceptors (Lipinski definition) is 10. The van der Waals surface area contributed by atoms with E-state index < -0.39 is 49.6 Å². The lowest BCUT2D eigenvalue weighted by molar-refractivity contribution is -0.342. The van der Waals surface area contributed by atoms with E-state index in [1.165, 1.54) is 24.3 Å². The monoisotopic (exact) mass is 532 g/mol. The van der Waals surface area contributed by atoms with E-state index in [1.54, 1.807) is 0 Å². The number of aromatic amines is 1. The Hall–Kier alpha value is -2.51. The molecule has 4 heterocycles. The third-order valence-electron chi connectivity index (χ3n) is 8.05. The zero-order chi connectivity index (χ0) is 27.0. The van der Waals surface area contributed by atoms with Gasteiger partial charge in [-0.05, 0) is 37.4 Å². The van der Waals surface area contributed by atoms with Gasteiger partial charge in [-0.25, -0.2) is 4.79 Å². The van der Waals surface area contributed by atoms with Crippen LogP contribution in [-0.4, -0.2) is 88.6 Å². The summed E-state index contributed by atoms with van der Waals surface area (Å²) in [6.07, 6.45) is -4.67. The van der Waals surface area contributed by atoms with Gasteiger partial charge in [0, 0.05) is 34.5 Å². The summed E-state index contributed by atoms with van der Waals surface area (Å²) in [5.74, 6) is -1.16. The van der Waals surface area contributed by atoms with Crippen LogP contribution in [0.1, 0.15) is 37.1 Å². The Labute approximate surface area is 220 Å². The number of fused-ring (bicyclic) bond motifs is 3. The van der Waals surface area contributed by atoms with Gasteiger partial charge in [0.25, 0.3) is 0 Å². The van der Waals surface area contributed by atoms with Crippen molar-refractivity contribution in [1.82, 2.24) is 10.3 Å². The molecule has 1 fully saturated rings. The van der Waals surface area contributed by atoms with Crippen molar-refractivity contribution in [3.05, 3.63) is 47.4 Å². The molecule has 0 aliphatic carbocycles. The average molecular weight is 533 g/mol. The molecule has 0 spiro atoms. The second kappa shape index (κ2) is 11.3. The Morgan fingerprint density at radius 3 is 2.66 bits per heavy atom. The highest BCUT2D eigenvalue weighted by molar-refractivity contribution is 5.89. The van der Waals surface area contributed by atoms with E-state index >= 15 is 0 Å². The number of H-pyrrole nitrogens is 1. The molecule has 9 atom stereocenters. The second-order valence-electron chi connectivity index (χ2n) is 10.1. The zero-order valence-electron chi connectivity index (χ0n) is 21.4. The molecule has 0 unspecified atom stereocenters. The fourth-order valence-electron chi connectivity index (χ4n) is 6.01. The maximum atomic E-state index is 12.8. The van der Waals surface area contributed by atoms with Crippen molar-refractivity contribution in [2.75, 3.05) is 20.3 Å². The molecule has 11 heteroatoms. The summed E-state index contributed by atoms with van der Waals surface area (Å²) in [4.78, 5) is 16.3. The molecule has 1 saturated heterocycles. The molecule has 0 radical (unpaired) electrons. The van der Waals surface area contributed by atoms with Crippen molar-refractivity contribution in [2.24, 2.45) is 11.8 Å².